The molecule has 21 heavy (non-hydrogen) atoms. The van der Waals surface area contributed by atoms with E-state index in [0.29, 0.717) is 12.5 Å². The largest absolute Gasteiger partial charge is 0.396 e. The minimum Gasteiger partial charge on any atom is -0.396 e. The van der Waals surface area contributed by atoms with Crippen molar-refractivity contribution in [2.24, 2.45) is 5.92 Å². The minimum atomic E-state index is -3.69. The van der Waals surface area contributed by atoms with E-state index in [9.17, 15) is 8.42 Å². The number of rotatable bonds is 4. The number of benzene rings is 1. The number of halogens is 2. The third-order valence-electron chi connectivity index (χ3n) is 3.66. The minimum absolute atomic E-state index is 0.0317. The van der Waals surface area contributed by atoms with Gasteiger partial charge in [0.15, 0.2) is 0 Å². The summed E-state index contributed by atoms with van der Waals surface area (Å²) in [6.07, 6.45) is 2.10. The van der Waals surface area contributed by atoms with Crippen molar-refractivity contribution < 1.29 is 8.42 Å². The summed E-state index contributed by atoms with van der Waals surface area (Å²) in [5, 5.41) is 0.212. The summed E-state index contributed by atoms with van der Waals surface area (Å²) in [6, 6.07) is 2.81. The van der Waals surface area contributed by atoms with Gasteiger partial charge in [-0.2, -0.15) is 0 Å². The van der Waals surface area contributed by atoms with Crippen LogP contribution in [0.4, 0.5) is 5.69 Å². The van der Waals surface area contributed by atoms with Gasteiger partial charge in [0.2, 0.25) is 10.0 Å². The Labute approximate surface area is 135 Å². The molecule has 1 atom stereocenters. The van der Waals surface area contributed by atoms with Crippen LogP contribution < -0.4 is 10.5 Å². The molecule has 8 heteroatoms. The highest BCUT2D eigenvalue weighted by Gasteiger charge is 2.23. The SMILES string of the molecule is CN1CCCC(CNS(=O)(=O)c2ccc(Cl)c(N)c2Cl)C1. The Morgan fingerprint density at radius 2 is 2.14 bits per heavy atom. The number of sulfonamides is 1. The molecule has 0 bridgehead atoms. The second-order valence-electron chi connectivity index (χ2n) is 5.40. The van der Waals surface area contributed by atoms with Crippen molar-refractivity contribution in [3.05, 3.63) is 22.2 Å². The highest BCUT2D eigenvalue weighted by Crippen LogP contribution is 2.33. The molecular formula is C13H19Cl2N3O2S. The Kier molecular flexibility index (Phi) is 5.38. The van der Waals surface area contributed by atoms with Gasteiger partial charge in [0.1, 0.15) is 4.90 Å². The van der Waals surface area contributed by atoms with E-state index in [4.69, 9.17) is 28.9 Å². The summed E-state index contributed by atoms with van der Waals surface area (Å²) in [5.74, 6) is 0.307. The van der Waals surface area contributed by atoms with Crippen LogP contribution in [0.3, 0.4) is 0 Å². The highest BCUT2D eigenvalue weighted by molar-refractivity contribution is 7.89. The first-order chi connectivity index (χ1) is 9.81. The van der Waals surface area contributed by atoms with Gasteiger partial charge in [0.05, 0.1) is 15.7 Å². The maximum atomic E-state index is 12.3. The first-order valence-electron chi connectivity index (χ1n) is 6.73. The summed E-state index contributed by atoms with van der Waals surface area (Å²) in [6.45, 7) is 2.34. The number of hydrogen-bond donors (Lipinski definition) is 2. The first-order valence-corrected chi connectivity index (χ1v) is 8.97. The van der Waals surface area contributed by atoms with Crippen LogP contribution >= 0.6 is 23.2 Å². The Morgan fingerprint density at radius 1 is 1.43 bits per heavy atom. The van der Waals surface area contributed by atoms with Crippen molar-refractivity contribution in [3.8, 4) is 0 Å². The van der Waals surface area contributed by atoms with E-state index in [1.54, 1.807) is 0 Å². The molecule has 0 radical (unpaired) electrons. The van der Waals surface area contributed by atoms with Crippen molar-refractivity contribution in [3.63, 3.8) is 0 Å². The molecule has 1 fully saturated rings. The van der Waals surface area contributed by atoms with Gasteiger partial charge in [-0.05, 0) is 44.5 Å². The monoisotopic (exact) mass is 351 g/mol. The van der Waals surface area contributed by atoms with E-state index in [-0.39, 0.29) is 20.6 Å². The molecule has 2 rings (SSSR count). The number of nitrogen functional groups attached to an aromatic ring is 1. The molecule has 0 saturated carbocycles. The summed E-state index contributed by atoms with van der Waals surface area (Å²) in [7, 11) is -1.65. The van der Waals surface area contributed by atoms with Gasteiger partial charge < -0.3 is 10.6 Å². The van der Waals surface area contributed by atoms with Crippen molar-refractivity contribution in [2.45, 2.75) is 17.7 Å². The molecule has 118 valence electrons. The summed E-state index contributed by atoms with van der Waals surface area (Å²) in [5.41, 5.74) is 5.76. The third kappa shape index (κ3) is 4.02. The maximum absolute atomic E-state index is 12.3. The standard InChI is InChI=1S/C13H19Cl2N3O2S/c1-18-6-2-3-9(8-18)7-17-21(19,20)11-5-4-10(14)13(16)12(11)15/h4-5,9,17H,2-3,6-8,16H2,1H3. The van der Waals surface area contributed by atoms with Crippen LogP contribution in [0.1, 0.15) is 12.8 Å². The average molecular weight is 352 g/mol. The molecule has 1 unspecified atom stereocenters. The molecule has 0 spiro atoms. The van der Waals surface area contributed by atoms with Crippen LogP contribution in [-0.4, -0.2) is 40.0 Å². The first kappa shape index (κ1) is 16.8. The third-order valence-corrected chi connectivity index (χ3v) is 5.98. The Bertz CT molecular complexity index is 622. The van der Waals surface area contributed by atoms with Gasteiger partial charge in [-0.3, -0.25) is 0 Å². The van der Waals surface area contributed by atoms with E-state index in [1.165, 1.54) is 12.1 Å². The number of nitrogens with one attached hydrogen (secondary N) is 1. The van der Waals surface area contributed by atoms with Gasteiger partial charge in [0, 0.05) is 13.1 Å². The average Bonchev–Trinajstić information content (AvgIpc) is 2.43. The van der Waals surface area contributed by atoms with Gasteiger partial charge in [-0.1, -0.05) is 23.2 Å². The summed E-state index contributed by atoms with van der Waals surface area (Å²) < 4.78 is 27.3. The topological polar surface area (TPSA) is 75.4 Å². The molecule has 1 heterocycles. The fourth-order valence-corrected chi connectivity index (χ4v) is 4.38. The number of hydrogen-bond acceptors (Lipinski definition) is 4. The predicted octanol–water partition coefficient (Wildman–Crippen LogP) is 2.20. The van der Waals surface area contributed by atoms with Gasteiger partial charge in [0.25, 0.3) is 0 Å². The number of likely N-dealkylation sites (tertiary alicyclic amines) is 1. The molecule has 1 aromatic carbocycles. The van der Waals surface area contributed by atoms with Crippen molar-refractivity contribution in [2.75, 3.05) is 32.4 Å². The van der Waals surface area contributed by atoms with Crippen molar-refractivity contribution in [1.29, 1.82) is 0 Å². The molecular weight excluding hydrogens is 333 g/mol. The molecule has 1 saturated heterocycles. The zero-order valence-electron chi connectivity index (χ0n) is 11.8. The Hall–Kier alpha value is -0.530. The van der Waals surface area contributed by atoms with E-state index >= 15 is 0 Å². The molecule has 1 aliphatic heterocycles. The lowest BCUT2D eigenvalue weighted by Gasteiger charge is -2.29. The van der Waals surface area contributed by atoms with Crippen LogP contribution in [0.15, 0.2) is 17.0 Å². The van der Waals surface area contributed by atoms with Crippen LogP contribution in [-0.2, 0) is 10.0 Å². The van der Waals surface area contributed by atoms with Gasteiger partial charge in [-0.25, -0.2) is 13.1 Å². The van der Waals surface area contributed by atoms with Gasteiger partial charge >= 0.3 is 0 Å². The Morgan fingerprint density at radius 3 is 2.81 bits per heavy atom. The maximum Gasteiger partial charge on any atom is 0.242 e. The second kappa shape index (κ2) is 6.71. The smallest absolute Gasteiger partial charge is 0.242 e. The quantitative estimate of drug-likeness (QED) is 0.815. The van der Waals surface area contributed by atoms with E-state index in [1.807, 2.05) is 7.05 Å². The molecule has 1 aromatic rings. The fourth-order valence-electron chi connectivity index (χ4n) is 2.50. The molecule has 0 aromatic heterocycles. The fraction of sp³-hybridized carbons (Fsp3) is 0.538. The van der Waals surface area contributed by atoms with Crippen LogP contribution in [0.2, 0.25) is 10.0 Å². The summed E-state index contributed by atoms with van der Waals surface area (Å²) >= 11 is 11.8. The van der Waals surface area contributed by atoms with E-state index < -0.39 is 10.0 Å². The number of nitrogens with two attached hydrogens (primary N) is 1. The van der Waals surface area contributed by atoms with Crippen molar-refractivity contribution in [1.82, 2.24) is 9.62 Å². The molecule has 0 aliphatic carbocycles. The zero-order chi connectivity index (χ0) is 15.6. The van der Waals surface area contributed by atoms with E-state index in [2.05, 4.69) is 9.62 Å². The molecule has 3 N–H and O–H groups in total. The van der Waals surface area contributed by atoms with Crippen molar-refractivity contribution >= 4 is 38.9 Å². The normalized spacial score (nSPS) is 20.6. The van der Waals surface area contributed by atoms with Gasteiger partial charge in [-0.15, -0.1) is 0 Å². The lowest BCUT2D eigenvalue weighted by Crippen LogP contribution is -2.39. The van der Waals surface area contributed by atoms with Crippen LogP contribution in [0.5, 0.6) is 0 Å². The second-order valence-corrected chi connectivity index (χ2v) is 7.92. The highest BCUT2D eigenvalue weighted by atomic mass is 35.5. The Balaban J connectivity index is 2.10. The summed E-state index contributed by atoms with van der Waals surface area (Å²) in [4.78, 5) is 2.17. The van der Waals surface area contributed by atoms with Crippen LogP contribution in [0, 0.1) is 5.92 Å². The van der Waals surface area contributed by atoms with E-state index in [0.717, 1.165) is 25.9 Å². The lowest BCUT2D eigenvalue weighted by atomic mass is 9.99. The number of anilines is 1. The predicted molar refractivity (Wildman–Crippen MR) is 86.3 cm³/mol. The van der Waals surface area contributed by atoms with Crippen LogP contribution in [0.25, 0.3) is 0 Å². The lowest BCUT2D eigenvalue weighted by molar-refractivity contribution is 0.211. The molecule has 0 amide bonds. The molecule has 1 aliphatic rings. The number of piperidine rings is 1. The number of nitrogens with zero attached hydrogens (tertiary/aromatic N) is 1. The molecule has 5 nitrogen and oxygen atoms in total. The zero-order valence-corrected chi connectivity index (χ0v) is 14.1.